The first-order valence-corrected chi connectivity index (χ1v) is 7.88. The number of imidazole rings is 1. The van der Waals surface area contributed by atoms with Gasteiger partial charge in [0, 0.05) is 18.9 Å². The highest BCUT2D eigenvalue weighted by atomic mass is 16.2. The summed E-state index contributed by atoms with van der Waals surface area (Å²) >= 11 is 0. The minimum absolute atomic E-state index is 0.0349. The first-order chi connectivity index (χ1) is 11.2. The highest BCUT2D eigenvalue weighted by Gasteiger charge is 2.31. The zero-order valence-corrected chi connectivity index (χ0v) is 13.0. The van der Waals surface area contributed by atoms with Crippen LogP contribution < -0.4 is 0 Å². The molecular weight excluding hydrogens is 288 g/mol. The number of amides is 1. The first-order valence-electron chi connectivity index (χ1n) is 7.88. The third-order valence-electron chi connectivity index (χ3n) is 4.48. The number of hydrogen-bond donors (Lipinski definition) is 0. The van der Waals surface area contributed by atoms with Gasteiger partial charge in [0.05, 0.1) is 18.4 Å². The maximum atomic E-state index is 13.0. The van der Waals surface area contributed by atoms with E-state index in [-0.39, 0.29) is 11.9 Å². The van der Waals surface area contributed by atoms with Gasteiger partial charge in [-0.2, -0.15) is 0 Å². The van der Waals surface area contributed by atoms with Crippen molar-refractivity contribution in [2.45, 2.75) is 25.8 Å². The van der Waals surface area contributed by atoms with E-state index < -0.39 is 0 Å². The second-order valence-electron chi connectivity index (χ2n) is 6.02. The summed E-state index contributed by atoms with van der Waals surface area (Å²) in [7, 11) is 0. The second kappa shape index (κ2) is 5.50. The molecule has 2 aromatic heterocycles. The predicted octanol–water partition coefficient (Wildman–Crippen LogP) is 3.02. The lowest BCUT2D eigenvalue weighted by atomic mass is 10.0. The van der Waals surface area contributed by atoms with Gasteiger partial charge < -0.3 is 4.90 Å². The van der Waals surface area contributed by atoms with Gasteiger partial charge >= 0.3 is 0 Å². The number of aromatic nitrogens is 3. The SMILES string of the molecule is Cc1cccc(C2CCCN2C(=O)c2cnc3cnccn23)c1. The monoisotopic (exact) mass is 306 g/mol. The summed E-state index contributed by atoms with van der Waals surface area (Å²) in [6.07, 6.45) is 8.81. The number of hydrogen-bond acceptors (Lipinski definition) is 3. The van der Waals surface area contributed by atoms with Gasteiger partial charge in [-0.05, 0) is 25.3 Å². The molecular formula is C18H18N4O. The standard InChI is InChI=1S/C18H18N4O/c1-13-4-2-5-14(10-13)15-6-3-8-22(15)18(23)16-11-20-17-12-19-7-9-21(16)17/h2,4-5,7,9-12,15H,3,6,8H2,1H3. The minimum atomic E-state index is 0.0349. The van der Waals surface area contributed by atoms with Crippen LogP contribution in [0.3, 0.4) is 0 Å². The van der Waals surface area contributed by atoms with Crippen LogP contribution in [0.15, 0.2) is 49.1 Å². The van der Waals surface area contributed by atoms with E-state index >= 15 is 0 Å². The van der Waals surface area contributed by atoms with Crippen molar-refractivity contribution in [3.8, 4) is 0 Å². The van der Waals surface area contributed by atoms with Gasteiger partial charge in [0.2, 0.25) is 0 Å². The van der Waals surface area contributed by atoms with Crippen molar-refractivity contribution in [2.75, 3.05) is 6.54 Å². The van der Waals surface area contributed by atoms with Gasteiger partial charge in [0.1, 0.15) is 5.69 Å². The average Bonchev–Trinajstić information content (AvgIpc) is 3.21. The molecule has 23 heavy (non-hydrogen) atoms. The maximum Gasteiger partial charge on any atom is 0.273 e. The summed E-state index contributed by atoms with van der Waals surface area (Å²) in [4.78, 5) is 23.3. The Morgan fingerprint density at radius 3 is 3.09 bits per heavy atom. The Morgan fingerprint density at radius 1 is 1.30 bits per heavy atom. The summed E-state index contributed by atoms with van der Waals surface area (Å²) in [5, 5.41) is 0. The van der Waals surface area contributed by atoms with Crippen LogP contribution in [0.5, 0.6) is 0 Å². The minimum Gasteiger partial charge on any atom is -0.330 e. The average molecular weight is 306 g/mol. The fourth-order valence-electron chi connectivity index (χ4n) is 3.38. The Kier molecular flexibility index (Phi) is 3.33. The number of benzene rings is 1. The number of carbonyl (C=O) groups excluding carboxylic acids is 1. The molecule has 3 aromatic rings. The lowest BCUT2D eigenvalue weighted by molar-refractivity contribution is 0.0728. The normalized spacial score (nSPS) is 17.8. The third kappa shape index (κ3) is 2.38. The van der Waals surface area contributed by atoms with Crippen LogP contribution in [-0.2, 0) is 0 Å². The highest BCUT2D eigenvalue weighted by molar-refractivity contribution is 5.93. The number of aryl methyl sites for hydroxylation is 1. The Hall–Kier alpha value is -2.69. The van der Waals surface area contributed by atoms with Crippen molar-refractivity contribution in [1.29, 1.82) is 0 Å². The number of rotatable bonds is 2. The van der Waals surface area contributed by atoms with Crippen LogP contribution in [0.1, 0.15) is 40.5 Å². The molecule has 3 heterocycles. The van der Waals surface area contributed by atoms with Gasteiger partial charge in [0.15, 0.2) is 5.65 Å². The summed E-state index contributed by atoms with van der Waals surface area (Å²) < 4.78 is 1.81. The van der Waals surface area contributed by atoms with Crippen LogP contribution in [0, 0.1) is 6.92 Å². The van der Waals surface area contributed by atoms with Crippen LogP contribution in [0.2, 0.25) is 0 Å². The fraction of sp³-hybridized carbons (Fsp3) is 0.278. The molecule has 0 radical (unpaired) electrons. The molecule has 5 heteroatoms. The molecule has 1 atom stereocenters. The summed E-state index contributed by atoms with van der Waals surface area (Å²) in [6, 6.07) is 8.58. The topological polar surface area (TPSA) is 50.5 Å². The lowest BCUT2D eigenvalue weighted by Gasteiger charge is -2.25. The Morgan fingerprint density at radius 2 is 2.22 bits per heavy atom. The van der Waals surface area contributed by atoms with Crippen LogP contribution in [0.4, 0.5) is 0 Å². The van der Waals surface area contributed by atoms with E-state index in [1.807, 2.05) is 4.90 Å². The van der Waals surface area contributed by atoms with E-state index in [1.165, 1.54) is 11.1 Å². The molecule has 0 bridgehead atoms. The number of nitrogens with zero attached hydrogens (tertiary/aromatic N) is 4. The zero-order chi connectivity index (χ0) is 15.8. The Bertz CT molecular complexity index is 870. The summed E-state index contributed by atoms with van der Waals surface area (Å²) in [6.45, 7) is 2.87. The van der Waals surface area contributed by atoms with Crippen molar-refractivity contribution < 1.29 is 4.79 Å². The van der Waals surface area contributed by atoms with E-state index in [0.717, 1.165) is 19.4 Å². The molecule has 0 aliphatic carbocycles. The molecule has 1 aliphatic rings. The largest absolute Gasteiger partial charge is 0.330 e. The van der Waals surface area contributed by atoms with Crippen LogP contribution in [0.25, 0.3) is 5.65 Å². The maximum absolute atomic E-state index is 13.0. The first kappa shape index (κ1) is 13.9. The smallest absolute Gasteiger partial charge is 0.273 e. The second-order valence-corrected chi connectivity index (χ2v) is 6.02. The molecule has 5 nitrogen and oxygen atoms in total. The summed E-state index contributed by atoms with van der Waals surface area (Å²) in [5.41, 5.74) is 3.73. The molecule has 1 aromatic carbocycles. The molecule has 0 N–H and O–H groups in total. The number of fused-ring (bicyclic) bond motifs is 1. The fourth-order valence-corrected chi connectivity index (χ4v) is 3.38. The molecule has 0 spiro atoms. The molecule has 1 aliphatic heterocycles. The van der Waals surface area contributed by atoms with E-state index in [9.17, 15) is 4.79 Å². The van der Waals surface area contributed by atoms with Gasteiger partial charge in [-0.15, -0.1) is 0 Å². The van der Waals surface area contributed by atoms with Crippen LogP contribution in [-0.4, -0.2) is 31.7 Å². The quantitative estimate of drug-likeness (QED) is 0.731. The van der Waals surface area contributed by atoms with Crippen molar-refractivity contribution in [3.05, 3.63) is 65.9 Å². The van der Waals surface area contributed by atoms with Crippen molar-refractivity contribution in [3.63, 3.8) is 0 Å². The predicted molar refractivity (Wildman–Crippen MR) is 87.2 cm³/mol. The molecule has 1 fully saturated rings. The third-order valence-corrected chi connectivity index (χ3v) is 4.48. The van der Waals surface area contributed by atoms with Gasteiger partial charge in [-0.1, -0.05) is 29.8 Å². The van der Waals surface area contributed by atoms with Crippen LogP contribution >= 0.6 is 0 Å². The zero-order valence-electron chi connectivity index (χ0n) is 13.0. The highest BCUT2D eigenvalue weighted by Crippen LogP contribution is 2.33. The van der Waals surface area contributed by atoms with Crippen molar-refractivity contribution >= 4 is 11.6 Å². The van der Waals surface area contributed by atoms with E-state index in [2.05, 4.69) is 41.2 Å². The summed E-state index contributed by atoms with van der Waals surface area (Å²) in [5.74, 6) is 0.0349. The molecule has 1 unspecified atom stereocenters. The molecule has 4 rings (SSSR count). The van der Waals surface area contributed by atoms with Gasteiger partial charge in [0.25, 0.3) is 5.91 Å². The van der Waals surface area contributed by atoms with Crippen molar-refractivity contribution in [2.24, 2.45) is 0 Å². The lowest BCUT2D eigenvalue weighted by Crippen LogP contribution is -2.31. The van der Waals surface area contributed by atoms with Crippen molar-refractivity contribution in [1.82, 2.24) is 19.3 Å². The van der Waals surface area contributed by atoms with Gasteiger partial charge in [-0.25, -0.2) is 4.98 Å². The van der Waals surface area contributed by atoms with E-state index in [1.54, 1.807) is 29.2 Å². The number of likely N-dealkylation sites (tertiary alicyclic amines) is 1. The molecule has 1 amide bonds. The van der Waals surface area contributed by atoms with E-state index in [0.29, 0.717) is 11.3 Å². The van der Waals surface area contributed by atoms with E-state index in [4.69, 9.17) is 0 Å². The molecule has 0 saturated carbocycles. The Labute approximate surface area is 134 Å². The van der Waals surface area contributed by atoms with Gasteiger partial charge in [-0.3, -0.25) is 14.2 Å². The number of carbonyl (C=O) groups is 1. The molecule has 1 saturated heterocycles. The molecule has 116 valence electrons. The Balaban J connectivity index is 1.70.